The van der Waals surface area contributed by atoms with Crippen molar-refractivity contribution in [3.63, 3.8) is 0 Å². The Morgan fingerprint density at radius 1 is 0.971 bits per heavy atom. The number of nitrogens with zero attached hydrogens (tertiary/aromatic N) is 4. The van der Waals surface area contributed by atoms with Crippen LogP contribution in [0.5, 0.6) is 0 Å². The highest BCUT2D eigenvalue weighted by molar-refractivity contribution is 5.92. The molecule has 2 aliphatic rings. The van der Waals surface area contributed by atoms with Crippen LogP contribution in [0.1, 0.15) is 49.7 Å². The molecule has 4 aromatic rings. The van der Waals surface area contributed by atoms with Gasteiger partial charge >= 0.3 is 0 Å². The first-order valence-electron chi connectivity index (χ1n) is 12.8. The Morgan fingerprint density at radius 3 is 2.56 bits per heavy atom. The normalized spacial score (nSPS) is 21.8. The molecule has 2 aromatic carbocycles. The summed E-state index contributed by atoms with van der Waals surface area (Å²) in [6.07, 6.45) is 9.43. The van der Waals surface area contributed by atoms with Crippen LogP contribution in [0.25, 0.3) is 21.8 Å². The summed E-state index contributed by atoms with van der Waals surface area (Å²) in [5.74, 6) is 0.605. The monoisotopic (exact) mass is 451 g/mol. The molecule has 0 bridgehead atoms. The van der Waals surface area contributed by atoms with Crippen molar-refractivity contribution in [2.24, 2.45) is 0 Å². The van der Waals surface area contributed by atoms with Crippen LogP contribution in [-0.4, -0.2) is 46.7 Å². The highest BCUT2D eigenvalue weighted by atomic mass is 15.3. The fraction of sp³-hybridized carbons (Fsp3) is 0.414. The van der Waals surface area contributed by atoms with E-state index in [2.05, 4.69) is 74.9 Å². The van der Waals surface area contributed by atoms with Gasteiger partial charge in [0, 0.05) is 78.7 Å². The number of benzene rings is 2. The largest absolute Gasteiger partial charge is 0.368 e. The average Bonchev–Trinajstić information content (AvgIpc) is 3.53. The zero-order valence-electron chi connectivity index (χ0n) is 20.0. The van der Waals surface area contributed by atoms with Crippen molar-refractivity contribution in [2.45, 2.75) is 51.1 Å². The second kappa shape index (κ2) is 8.85. The number of rotatable bonds is 4. The van der Waals surface area contributed by atoms with E-state index in [0.717, 1.165) is 38.3 Å². The number of hydrogen-bond acceptors (Lipinski definition) is 3. The van der Waals surface area contributed by atoms with Gasteiger partial charge in [-0.15, -0.1) is 0 Å². The van der Waals surface area contributed by atoms with Gasteiger partial charge < -0.3 is 14.5 Å². The summed E-state index contributed by atoms with van der Waals surface area (Å²) in [4.78, 5) is 8.65. The van der Waals surface area contributed by atoms with Gasteiger partial charge in [-0.25, -0.2) is 0 Å². The van der Waals surface area contributed by atoms with Gasteiger partial charge in [0.1, 0.15) is 0 Å². The van der Waals surface area contributed by atoms with Crippen molar-refractivity contribution in [2.75, 3.05) is 31.1 Å². The van der Waals surface area contributed by atoms with Gasteiger partial charge in [-0.2, -0.15) is 5.26 Å². The summed E-state index contributed by atoms with van der Waals surface area (Å²) in [5, 5.41) is 12.0. The number of aryl methyl sites for hydroxylation is 1. The summed E-state index contributed by atoms with van der Waals surface area (Å²) in [7, 11) is 0. The molecular weight excluding hydrogens is 418 g/mol. The minimum atomic E-state index is 0.605. The number of piperazine rings is 1. The average molecular weight is 452 g/mol. The quantitative estimate of drug-likeness (QED) is 0.423. The third kappa shape index (κ3) is 3.67. The van der Waals surface area contributed by atoms with Gasteiger partial charge in [0.25, 0.3) is 0 Å². The maximum Gasteiger partial charge on any atom is 0.0991 e. The van der Waals surface area contributed by atoms with Crippen LogP contribution in [0, 0.1) is 11.3 Å². The molecule has 0 radical (unpaired) electrons. The van der Waals surface area contributed by atoms with E-state index in [1.807, 2.05) is 12.3 Å². The van der Waals surface area contributed by atoms with Crippen LogP contribution in [-0.2, 0) is 6.54 Å². The number of aromatic nitrogens is 2. The second-order valence-corrected chi connectivity index (χ2v) is 9.96. The highest BCUT2D eigenvalue weighted by Gasteiger charge is 2.30. The van der Waals surface area contributed by atoms with Gasteiger partial charge in [0.05, 0.1) is 11.6 Å². The third-order valence-electron chi connectivity index (χ3n) is 8.26. The second-order valence-electron chi connectivity index (χ2n) is 9.96. The third-order valence-corrected chi connectivity index (χ3v) is 8.26. The van der Waals surface area contributed by atoms with Crippen LogP contribution >= 0.6 is 0 Å². The number of fused-ring (bicyclic) bond motifs is 2. The summed E-state index contributed by atoms with van der Waals surface area (Å²) >= 11 is 0. The lowest BCUT2D eigenvalue weighted by Gasteiger charge is -2.42. The Kier molecular flexibility index (Phi) is 5.55. The van der Waals surface area contributed by atoms with Crippen molar-refractivity contribution >= 4 is 27.5 Å². The molecule has 1 N–H and O–H groups in total. The molecule has 0 spiro atoms. The van der Waals surface area contributed by atoms with E-state index in [1.165, 1.54) is 58.7 Å². The molecule has 174 valence electrons. The maximum atomic E-state index is 9.41. The molecule has 5 nitrogen and oxygen atoms in total. The molecule has 6 rings (SSSR count). The van der Waals surface area contributed by atoms with Gasteiger partial charge in [-0.1, -0.05) is 6.07 Å². The first-order chi connectivity index (χ1) is 16.7. The Bertz CT molecular complexity index is 1340. The van der Waals surface area contributed by atoms with Crippen LogP contribution in [0.15, 0.2) is 54.9 Å². The molecule has 34 heavy (non-hydrogen) atoms. The lowest BCUT2D eigenvalue weighted by Crippen LogP contribution is -2.51. The molecule has 1 saturated carbocycles. The molecule has 2 aromatic heterocycles. The van der Waals surface area contributed by atoms with Crippen LogP contribution < -0.4 is 4.90 Å². The molecule has 0 atom stereocenters. The fourth-order valence-corrected chi connectivity index (χ4v) is 6.41. The summed E-state index contributed by atoms with van der Waals surface area (Å²) < 4.78 is 2.35. The summed E-state index contributed by atoms with van der Waals surface area (Å²) in [5.41, 5.74) is 6.09. The molecule has 1 saturated heterocycles. The number of nitrogens with one attached hydrogen (secondary N) is 1. The molecule has 1 aliphatic heterocycles. The highest BCUT2D eigenvalue weighted by Crippen LogP contribution is 2.39. The van der Waals surface area contributed by atoms with Crippen molar-refractivity contribution < 1.29 is 0 Å². The number of anilines is 1. The van der Waals surface area contributed by atoms with E-state index >= 15 is 0 Å². The SMILES string of the molecule is CCn1cc(C2CCC(N3CCN(c4cccc5[nH]ccc45)CC3)CC2)c2cc(C#N)ccc21. The van der Waals surface area contributed by atoms with E-state index in [0.29, 0.717) is 12.0 Å². The van der Waals surface area contributed by atoms with Crippen LogP contribution in [0.4, 0.5) is 5.69 Å². The Balaban J connectivity index is 1.12. The van der Waals surface area contributed by atoms with Gasteiger partial charge in [-0.3, -0.25) is 4.90 Å². The van der Waals surface area contributed by atoms with Crippen LogP contribution in [0.3, 0.4) is 0 Å². The molecule has 5 heteroatoms. The van der Waals surface area contributed by atoms with Crippen LogP contribution in [0.2, 0.25) is 0 Å². The minimum Gasteiger partial charge on any atom is -0.368 e. The zero-order valence-corrected chi connectivity index (χ0v) is 20.0. The van der Waals surface area contributed by atoms with Crippen molar-refractivity contribution in [1.29, 1.82) is 5.26 Å². The smallest absolute Gasteiger partial charge is 0.0991 e. The molecule has 3 heterocycles. The molecule has 2 fully saturated rings. The first-order valence-corrected chi connectivity index (χ1v) is 12.8. The predicted molar refractivity (Wildman–Crippen MR) is 139 cm³/mol. The zero-order chi connectivity index (χ0) is 23.1. The first kappa shape index (κ1) is 21.3. The van der Waals surface area contributed by atoms with Gasteiger partial charge in [-0.05, 0) is 80.5 Å². The fourth-order valence-electron chi connectivity index (χ4n) is 6.41. The molecule has 1 aliphatic carbocycles. The van der Waals surface area contributed by atoms with E-state index in [-0.39, 0.29) is 0 Å². The number of H-pyrrole nitrogens is 1. The van der Waals surface area contributed by atoms with Crippen molar-refractivity contribution in [1.82, 2.24) is 14.5 Å². The molecular formula is C29H33N5. The molecule has 0 unspecified atom stereocenters. The van der Waals surface area contributed by atoms with E-state index in [1.54, 1.807) is 0 Å². The summed E-state index contributed by atoms with van der Waals surface area (Å²) in [6.45, 7) is 7.68. The van der Waals surface area contributed by atoms with Crippen molar-refractivity contribution in [3.05, 3.63) is 66.0 Å². The Hall–Kier alpha value is -3.23. The van der Waals surface area contributed by atoms with Gasteiger partial charge in [0.2, 0.25) is 0 Å². The predicted octanol–water partition coefficient (Wildman–Crippen LogP) is 5.86. The van der Waals surface area contributed by atoms with Crippen molar-refractivity contribution in [3.8, 4) is 6.07 Å². The standard InChI is InChI=1S/C29H33N5/c1-2-32-20-26(25-18-21(19-30)6-11-29(25)32)22-7-9-23(10-8-22)33-14-16-34(17-15-33)28-5-3-4-27-24(28)12-13-31-27/h3-6,11-13,18,20,22-23,31H,2,7-10,14-17H2,1H3. The van der Waals surface area contributed by atoms with E-state index < -0.39 is 0 Å². The number of nitriles is 1. The van der Waals surface area contributed by atoms with E-state index in [4.69, 9.17) is 0 Å². The van der Waals surface area contributed by atoms with E-state index in [9.17, 15) is 5.26 Å². The number of aromatic amines is 1. The van der Waals surface area contributed by atoms with Gasteiger partial charge in [0.15, 0.2) is 0 Å². The topological polar surface area (TPSA) is 51.0 Å². The lowest BCUT2D eigenvalue weighted by atomic mass is 9.81. The molecule has 0 amide bonds. The Morgan fingerprint density at radius 2 is 1.79 bits per heavy atom. The summed E-state index contributed by atoms with van der Waals surface area (Å²) in [6, 6.07) is 18.0. The lowest BCUT2D eigenvalue weighted by molar-refractivity contribution is 0.141. The maximum absolute atomic E-state index is 9.41. The Labute approximate surface area is 201 Å². The number of hydrogen-bond donors (Lipinski definition) is 1. The minimum absolute atomic E-state index is 0.605.